The molecule has 2 saturated heterocycles. The van der Waals surface area contributed by atoms with E-state index in [-0.39, 0.29) is 37.4 Å². The third-order valence-corrected chi connectivity index (χ3v) is 5.28. The average molecular weight is 374 g/mol. The fourth-order valence-corrected chi connectivity index (χ4v) is 3.70. The van der Waals surface area contributed by atoms with E-state index in [0.717, 1.165) is 19.3 Å². The van der Waals surface area contributed by atoms with Crippen molar-refractivity contribution in [3.05, 3.63) is 24.3 Å². The largest absolute Gasteiger partial charge is 0.497 e. The maximum atomic E-state index is 12.4. The number of carbonyl (C=O) groups is 3. The number of esters is 1. The molecule has 0 aliphatic carbocycles. The Morgan fingerprint density at radius 1 is 1.26 bits per heavy atom. The number of likely N-dealkylation sites (tertiary alicyclic amines) is 1. The lowest BCUT2D eigenvalue weighted by molar-refractivity contribution is -0.156. The van der Waals surface area contributed by atoms with Gasteiger partial charge in [0.1, 0.15) is 5.75 Å². The molecule has 0 N–H and O–H groups in total. The molecule has 3 rings (SSSR count). The number of carbonyl (C=O) groups excluding carboxylic acids is 3. The second-order valence-corrected chi connectivity index (χ2v) is 7.15. The van der Waals surface area contributed by atoms with Gasteiger partial charge in [0.15, 0.2) is 6.61 Å². The summed E-state index contributed by atoms with van der Waals surface area (Å²) in [6, 6.07) is 7.33. The molecule has 7 heteroatoms. The molecule has 2 aliphatic heterocycles. The highest BCUT2D eigenvalue weighted by Gasteiger charge is 2.37. The van der Waals surface area contributed by atoms with E-state index in [0.29, 0.717) is 18.0 Å². The molecule has 2 unspecified atom stereocenters. The standard InChI is InChI=1S/C20H26N2O5/c1-14-6-3-4-9-21(14)19(24)13-27-20(25)15-10-18(23)22(12-15)16-7-5-8-17(11-16)26-2/h5,7-8,11,14-15H,3-4,6,9-10,12-13H2,1-2H3. The summed E-state index contributed by atoms with van der Waals surface area (Å²) in [6.45, 7) is 2.72. The summed E-state index contributed by atoms with van der Waals surface area (Å²) in [7, 11) is 1.56. The first-order valence-electron chi connectivity index (χ1n) is 9.40. The van der Waals surface area contributed by atoms with Crippen LogP contribution in [0.3, 0.4) is 0 Å². The van der Waals surface area contributed by atoms with E-state index in [1.165, 1.54) is 0 Å². The van der Waals surface area contributed by atoms with E-state index in [1.807, 2.05) is 6.92 Å². The summed E-state index contributed by atoms with van der Waals surface area (Å²) in [5.74, 6) is -0.708. The number of anilines is 1. The fraction of sp³-hybridized carbons (Fsp3) is 0.550. The van der Waals surface area contributed by atoms with Crippen LogP contribution in [0.5, 0.6) is 5.75 Å². The second kappa shape index (κ2) is 8.41. The van der Waals surface area contributed by atoms with Gasteiger partial charge in [0.05, 0.1) is 13.0 Å². The quantitative estimate of drug-likeness (QED) is 0.737. The number of nitrogens with zero attached hydrogens (tertiary/aromatic N) is 2. The van der Waals surface area contributed by atoms with E-state index in [2.05, 4.69) is 0 Å². The second-order valence-electron chi connectivity index (χ2n) is 7.15. The van der Waals surface area contributed by atoms with E-state index in [9.17, 15) is 14.4 Å². The summed E-state index contributed by atoms with van der Waals surface area (Å²) in [4.78, 5) is 40.3. The first-order chi connectivity index (χ1) is 13.0. The molecule has 0 spiro atoms. The van der Waals surface area contributed by atoms with Gasteiger partial charge in [0.2, 0.25) is 5.91 Å². The number of piperidine rings is 1. The van der Waals surface area contributed by atoms with Gasteiger partial charge >= 0.3 is 5.97 Å². The minimum atomic E-state index is -0.560. The van der Waals surface area contributed by atoms with Gasteiger partial charge in [-0.25, -0.2) is 0 Å². The molecule has 2 aliphatic rings. The van der Waals surface area contributed by atoms with Crippen LogP contribution in [0.15, 0.2) is 24.3 Å². The van der Waals surface area contributed by atoms with Gasteiger partial charge in [-0.1, -0.05) is 6.07 Å². The van der Waals surface area contributed by atoms with Gasteiger partial charge in [0, 0.05) is 37.3 Å². The zero-order chi connectivity index (χ0) is 19.4. The topological polar surface area (TPSA) is 76.2 Å². The zero-order valence-electron chi connectivity index (χ0n) is 15.8. The number of benzene rings is 1. The molecule has 2 fully saturated rings. The number of amides is 2. The van der Waals surface area contributed by atoms with Crippen molar-refractivity contribution in [1.82, 2.24) is 4.90 Å². The summed E-state index contributed by atoms with van der Waals surface area (Å²) < 4.78 is 10.4. The van der Waals surface area contributed by atoms with E-state index >= 15 is 0 Å². The third kappa shape index (κ3) is 4.40. The van der Waals surface area contributed by atoms with Crippen molar-refractivity contribution in [1.29, 1.82) is 0 Å². The SMILES string of the molecule is COc1cccc(N2CC(C(=O)OCC(=O)N3CCCCC3C)CC2=O)c1. The van der Waals surface area contributed by atoms with Crippen LogP contribution >= 0.6 is 0 Å². The number of ether oxygens (including phenoxy) is 2. The molecule has 146 valence electrons. The van der Waals surface area contributed by atoms with Crippen LogP contribution in [0.25, 0.3) is 0 Å². The van der Waals surface area contributed by atoms with Crippen LogP contribution in [0.4, 0.5) is 5.69 Å². The highest BCUT2D eigenvalue weighted by atomic mass is 16.5. The number of methoxy groups -OCH3 is 1. The van der Waals surface area contributed by atoms with E-state index < -0.39 is 11.9 Å². The van der Waals surface area contributed by atoms with Crippen LogP contribution in [-0.4, -0.2) is 55.5 Å². The lowest BCUT2D eigenvalue weighted by Crippen LogP contribution is -2.44. The smallest absolute Gasteiger partial charge is 0.311 e. The van der Waals surface area contributed by atoms with E-state index in [1.54, 1.807) is 41.2 Å². The van der Waals surface area contributed by atoms with Crippen molar-refractivity contribution in [2.45, 2.75) is 38.6 Å². The maximum absolute atomic E-state index is 12.4. The molecule has 0 radical (unpaired) electrons. The number of hydrogen-bond donors (Lipinski definition) is 0. The fourth-order valence-electron chi connectivity index (χ4n) is 3.70. The van der Waals surface area contributed by atoms with Gasteiger partial charge in [0.25, 0.3) is 5.91 Å². The Morgan fingerprint density at radius 2 is 2.07 bits per heavy atom. The lowest BCUT2D eigenvalue weighted by atomic mass is 10.0. The van der Waals surface area contributed by atoms with Crippen LogP contribution in [0.1, 0.15) is 32.6 Å². The number of rotatable bonds is 5. The molecule has 0 aromatic heterocycles. The van der Waals surface area contributed by atoms with Crippen LogP contribution in [-0.2, 0) is 19.1 Å². The molecule has 0 bridgehead atoms. The lowest BCUT2D eigenvalue weighted by Gasteiger charge is -2.33. The Hall–Kier alpha value is -2.57. The minimum Gasteiger partial charge on any atom is -0.497 e. The molecule has 7 nitrogen and oxygen atoms in total. The maximum Gasteiger partial charge on any atom is 0.311 e. The van der Waals surface area contributed by atoms with Crippen molar-refractivity contribution in [2.24, 2.45) is 5.92 Å². The summed E-state index contributed by atoms with van der Waals surface area (Å²) in [5, 5.41) is 0. The first kappa shape index (κ1) is 19.2. The van der Waals surface area contributed by atoms with Crippen LogP contribution in [0, 0.1) is 5.92 Å². The van der Waals surface area contributed by atoms with E-state index in [4.69, 9.17) is 9.47 Å². The van der Waals surface area contributed by atoms with Crippen LogP contribution in [0.2, 0.25) is 0 Å². The summed E-state index contributed by atoms with van der Waals surface area (Å²) in [6.07, 6.45) is 3.17. The summed E-state index contributed by atoms with van der Waals surface area (Å²) in [5.41, 5.74) is 0.688. The highest BCUT2D eigenvalue weighted by molar-refractivity contribution is 5.99. The van der Waals surface area contributed by atoms with Crippen molar-refractivity contribution in [3.63, 3.8) is 0 Å². The van der Waals surface area contributed by atoms with Gasteiger partial charge in [-0.05, 0) is 38.3 Å². The third-order valence-electron chi connectivity index (χ3n) is 5.28. The molecule has 2 atom stereocenters. The normalized spacial score (nSPS) is 22.7. The van der Waals surface area contributed by atoms with Gasteiger partial charge < -0.3 is 19.3 Å². The molecule has 27 heavy (non-hydrogen) atoms. The molecule has 2 amide bonds. The predicted molar refractivity (Wildman–Crippen MR) is 99.4 cm³/mol. The Balaban J connectivity index is 1.55. The number of hydrogen-bond acceptors (Lipinski definition) is 5. The predicted octanol–water partition coefficient (Wildman–Crippen LogP) is 1.99. The summed E-state index contributed by atoms with van der Waals surface area (Å²) >= 11 is 0. The van der Waals surface area contributed by atoms with Gasteiger partial charge in [-0.3, -0.25) is 14.4 Å². The molecule has 0 saturated carbocycles. The Labute approximate surface area is 159 Å². The van der Waals surface area contributed by atoms with Crippen LogP contribution < -0.4 is 9.64 Å². The van der Waals surface area contributed by atoms with Gasteiger partial charge in [-0.15, -0.1) is 0 Å². The monoisotopic (exact) mass is 374 g/mol. The Morgan fingerprint density at radius 3 is 2.81 bits per heavy atom. The van der Waals surface area contributed by atoms with Crippen molar-refractivity contribution < 1.29 is 23.9 Å². The Bertz CT molecular complexity index is 720. The minimum absolute atomic E-state index is 0.0876. The molecular weight excluding hydrogens is 348 g/mol. The Kier molecular flexibility index (Phi) is 5.98. The molecule has 1 aromatic rings. The van der Waals surface area contributed by atoms with Gasteiger partial charge in [-0.2, -0.15) is 0 Å². The first-order valence-corrected chi connectivity index (χ1v) is 9.40. The average Bonchev–Trinajstić information content (AvgIpc) is 3.08. The van der Waals surface area contributed by atoms with Crippen molar-refractivity contribution >= 4 is 23.5 Å². The highest BCUT2D eigenvalue weighted by Crippen LogP contribution is 2.28. The molecular formula is C20H26N2O5. The van der Waals surface area contributed by atoms with Crippen molar-refractivity contribution in [2.75, 3.05) is 31.7 Å². The zero-order valence-corrected chi connectivity index (χ0v) is 15.8. The molecule has 2 heterocycles. The molecule has 1 aromatic carbocycles. The van der Waals surface area contributed by atoms with Crippen molar-refractivity contribution in [3.8, 4) is 5.75 Å².